The quantitative estimate of drug-likeness (QED) is 0.867. The molecule has 0 aromatic heterocycles. The molecule has 2 aromatic rings. The lowest BCUT2D eigenvalue weighted by Crippen LogP contribution is -2.45. The summed E-state index contributed by atoms with van der Waals surface area (Å²) in [4.78, 5) is 4.45. The van der Waals surface area contributed by atoms with E-state index in [1.807, 2.05) is 42.5 Å². The van der Waals surface area contributed by atoms with Crippen molar-refractivity contribution >= 4 is 18.4 Å². The van der Waals surface area contributed by atoms with Gasteiger partial charge in [-0.15, -0.1) is 12.4 Å². The molecule has 1 aliphatic rings. The monoisotopic (exact) mass is 345 g/mol. The second-order valence-electron chi connectivity index (χ2n) is 5.82. The third-order valence-corrected chi connectivity index (χ3v) is 3.70. The highest BCUT2D eigenvalue weighted by molar-refractivity contribution is 5.85. The molecular formula is C19H24ClN3O. The molecule has 2 aromatic carbocycles. The van der Waals surface area contributed by atoms with Crippen LogP contribution >= 0.6 is 12.4 Å². The predicted octanol–water partition coefficient (Wildman–Crippen LogP) is 3.77. The van der Waals surface area contributed by atoms with Crippen LogP contribution in [0.4, 0.5) is 0 Å². The van der Waals surface area contributed by atoms with Crippen molar-refractivity contribution < 1.29 is 4.74 Å². The van der Waals surface area contributed by atoms with E-state index in [1.54, 1.807) is 0 Å². The van der Waals surface area contributed by atoms with E-state index in [-0.39, 0.29) is 12.4 Å². The summed E-state index contributed by atoms with van der Waals surface area (Å²) < 4.78 is 5.89. The van der Waals surface area contributed by atoms with Crippen LogP contribution in [0.25, 0.3) is 0 Å². The number of aliphatic imine (C=N–C) groups is 1. The van der Waals surface area contributed by atoms with Gasteiger partial charge in [-0.3, -0.25) is 4.99 Å². The Labute approximate surface area is 149 Å². The van der Waals surface area contributed by atoms with Crippen LogP contribution in [0.3, 0.4) is 0 Å². The van der Waals surface area contributed by atoms with Crippen LogP contribution in [0.2, 0.25) is 0 Å². The number of nitrogens with one attached hydrogen (secondary N) is 2. The van der Waals surface area contributed by atoms with E-state index in [9.17, 15) is 0 Å². The van der Waals surface area contributed by atoms with Gasteiger partial charge in [0.15, 0.2) is 5.96 Å². The number of guanidine groups is 1. The number of hydrogen-bond acceptors (Lipinski definition) is 4. The van der Waals surface area contributed by atoms with Gasteiger partial charge >= 0.3 is 0 Å². The average Bonchev–Trinajstić information content (AvgIpc) is 2.57. The highest BCUT2D eigenvalue weighted by Crippen LogP contribution is 2.22. The van der Waals surface area contributed by atoms with Crippen LogP contribution in [-0.4, -0.2) is 25.1 Å². The maximum Gasteiger partial charge on any atom is 0.191 e. The van der Waals surface area contributed by atoms with Gasteiger partial charge in [0.05, 0.1) is 0 Å². The van der Waals surface area contributed by atoms with Crippen molar-refractivity contribution in [3.05, 3.63) is 60.2 Å². The van der Waals surface area contributed by atoms with Gasteiger partial charge in [0, 0.05) is 19.1 Å². The third-order valence-electron chi connectivity index (χ3n) is 3.70. The normalized spacial score (nSPS) is 14.6. The minimum absolute atomic E-state index is 0. The van der Waals surface area contributed by atoms with Gasteiger partial charge in [0.25, 0.3) is 0 Å². The highest BCUT2D eigenvalue weighted by atomic mass is 35.5. The van der Waals surface area contributed by atoms with E-state index in [0.29, 0.717) is 6.04 Å². The second-order valence-corrected chi connectivity index (χ2v) is 5.82. The maximum atomic E-state index is 5.89. The Morgan fingerprint density at radius 2 is 1.92 bits per heavy atom. The summed E-state index contributed by atoms with van der Waals surface area (Å²) in [6, 6.07) is 18.4. The molecule has 3 rings (SSSR count). The Morgan fingerprint density at radius 1 is 1.12 bits per heavy atom. The van der Waals surface area contributed by atoms with Crippen molar-refractivity contribution in [1.29, 1.82) is 0 Å². The minimum atomic E-state index is 0. The summed E-state index contributed by atoms with van der Waals surface area (Å²) in [5.74, 6) is 2.64. The molecule has 0 saturated heterocycles. The minimum Gasteiger partial charge on any atom is -0.457 e. The molecule has 0 fully saturated rings. The van der Waals surface area contributed by atoms with Crippen molar-refractivity contribution in [2.24, 2.45) is 4.99 Å². The second kappa shape index (κ2) is 9.18. The van der Waals surface area contributed by atoms with Gasteiger partial charge in [0.1, 0.15) is 11.5 Å². The molecule has 1 aliphatic heterocycles. The fraction of sp³-hybridized carbons (Fsp3) is 0.316. The molecule has 0 aliphatic carbocycles. The Balaban J connectivity index is 0.00000208. The number of hydrogen-bond donors (Lipinski definition) is 2. The predicted molar refractivity (Wildman–Crippen MR) is 101 cm³/mol. The molecule has 5 heteroatoms. The van der Waals surface area contributed by atoms with E-state index in [2.05, 4.69) is 34.7 Å². The van der Waals surface area contributed by atoms with Gasteiger partial charge in [-0.25, -0.2) is 0 Å². The average molecular weight is 346 g/mol. The molecule has 24 heavy (non-hydrogen) atoms. The summed E-state index contributed by atoms with van der Waals surface area (Å²) >= 11 is 0. The van der Waals surface area contributed by atoms with Crippen LogP contribution < -0.4 is 15.4 Å². The Morgan fingerprint density at radius 3 is 2.67 bits per heavy atom. The zero-order valence-corrected chi connectivity index (χ0v) is 14.7. The van der Waals surface area contributed by atoms with E-state index in [1.165, 1.54) is 5.56 Å². The number of para-hydroxylation sites is 1. The molecule has 1 heterocycles. The Bertz CT molecular complexity index is 661. The molecule has 4 nitrogen and oxygen atoms in total. The first kappa shape index (κ1) is 18.1. The summed E-state index contributed by atoms with van der Waals surface area (Å²) in [5, 5.41) is 6.73. The lowest BCUT2D eigenvalue weighted by atomic mass is 10.1. The molecule has 1 unspecified atom stereocenters. The molecule has 0 radical (unpaired) electrons. The van der Waals surface area contributed by atoms with E-state index < -0.39 is 0 Å². The lowest BCUT2D eigenvalue weighted by molar-refractivity contribution is 0.481. The zero-order chi connectivity index (χ0) is 15.9. The largest absolute Gasteiger partial charge is 0.457 e. The van der Waals surface area contributed by atoms with Crippen LogP contribution in [0.1, 0.15) is 18.9 Å². The maximum absolute atomic E-state index is 5.89. The first-order chi connectivity index (χ1) is 11.3. The molecule has 0 amide bonds. The molecular weight excluding hydrogens is 322 g/mol. The molecule has 0 saturated carbocycles. The number of rotatable bonds is 5. The van der Waals surface area contributed by atoms with Crippen molar-refractivity contribution in [3.63, 3.8) is 0 Å². The Hall–Kier alpha value is -2.20. The fourth-order valence-electron chi connectivity index (χ4n) is 2.63. The standard InChI is InChI=1S/C19H23N3O.ClH/c1-15(22-19-20-11-6-12-21-19)13-16-7-5-10-18(14-16)23-17-8-3-2-4-9-17;/h2-5,7-10,14-15H,6,11-13H2,1H3,(H2,20,21,22);1H. The highest BCUT2D eigenvalue weighted by Gasteiger charge is 2.09. The van der Waals surface area contributed by atoms with Crippen LogP contribution in [0.5, 0.6) is 11.5 Å². The number of benzene rings is 2. The van der Waals surface area contributed by atoms with Crippen molar-refractivity contribution in [3.8, 4) is 11.5 Å². The first-order valence-electron chi connectivity index (χ1n) is 8.16. The lowest BCUT2D eigenvalue weighted by Gasteiger charge is -2.21. The van der Waals surface area contributed by atoms with Gasteiger partial charge in [0.2, 0.25) is 0 Å². The van der Waals surface area contributed by atoms with Crippen LogP contribution in [0.15, 0.2) is 59.6 Å². The smallest absolute Gasteiger partial charge is 0.191 e. The third kappa shape index (κ3) is 5.46. The van der Waals surface area contributed by atoms with E-state index >= 15 is 0 Å². The Kier molecular flexibility index (Phi) is 6.94. The van der Waals surface area contributed by atoms with Crippen LogP contribution in [0, 0.1) is 0 Å². The van der Waals surface area contributed by atoms with Crippen molar-refractivity contribution in [2.45, 2.75) is 25.8 Å². The van der Waals surface area contributed by atoms with Crippen LogP contribution in [-0.2, 0) is 6.42 Å². The number of halogens is 1. The molecule has 128 valence electrons. The summed E-state index contributed by atoms with van der Waals surface area (Å²) in [7, 11) is 0. The van der Waals surface area contributed by atoms with Gasteiger partial charge < -0.3 is 15.4 Å². The first-order valence-corrected chi connectivity index (χ1v) is 8.16. The zero-order valence-electron chi connectivity index (χ0n) is 13.9. The molecule has 1 atom stereocenters. The van der Waals surface area contributed by atoms with Crippen molar-refractivity contribution in [2.75, 3.05) is 13.1 Å². The van der Waals surface area contributed by atoms with Gasteiger partial charge in [-0.2, -0.15) is 0 Å². The van der Waals surface area contributed by atoms with Gasteiger partial charge in [-0.1, -0.05) is 30.3 Å². The molecule has 0 bridgehead atoms. The number of nitrogens with zero attached hydrogens (tertiary/aromatic N) is 1. The summed E-state index contributed by atoms with van der Waals surface area (Å²) in [6.07, 6.45) is 2.03. The molecule has 0 spiro atoms. The van der Waals surface area contributed by atoms with Gasteiger partial charge in [-0.05, 0) is 49.6 Å². The van der Waals surface area contributed by atoms with Crippen molar-refractivity contribution in [1.82, 2.24) is 10.6 Å². The molecule has 2 N–H and O–H groups in total. The van der Waals surface area contributed by atoms with E-state index in [4.69, 9.17) is 4.74 Å². The SMILES string of the molecule is CC(Cc1cccc(Oc2ccccc2)c1)NC1=NCCCN1.Cl. The fourth-order valence-corrected chi connectivity index (χ4v) is 2.63. The van der Waals surface area contributed by atoms with E-state index in [0.717, 1.165) is 43.4 Å². The number of ether oxygens (including phenoxy) is 1. The summed E-state index contributed by atoms with van der Waals surface area (Å²) in [6.45, 7) is 4.07. The topological polar surface area (TPSA) is 45.6 Å². The summed E-state index contributed by atoms with van der Waals surface area (Å²) in [5.41, 5.74) is 1.25.